The van der Waals surface area contributed by atoms with Crippen LogP contribution < -0.4 is 21.3 Å². The first-order valence-electron chi connectivity index (χ1n) is 11.8. The van der Waals surface area contributed by atoms with Crippen LogP contribution in [-0.2, 0) is 13.1 Å². The van der Waals surface area contributed by atoms with Crippen LogP contribution in [0.25, 0.3) is 10.9 Å². The minimum atomic E-state index is -0.526. The van der Waals surface area contributed by atoms with Crippen molar-refractivity contribution in [2.75, 3.05) is 27.2 Å². The second kappa shape index (κ2) is 11.5. The third-order valence-electron chi connectivity index (χ3n) is 6.04. The average Bonchev–Trinajstić information content (AvgIpc) is 2.89. The Morgan fingerprint density at radius 3 is 2.47 bits per heavy atom. The number of benzene rings is 3. The van der Waals surface area contributed by atoms with Crippen LogP contribution in [0.5, 0.6) is 5.75 Å². The largest absolute Gasteiger partial charge is 0.497 e. The fourth-order valence-corrected chi connectivity index (χ4v) is 4.08. The number of amides is 1. The number of fused-ring (bicyclic) bond motifs is 1. The van der Waals surface area contributed by atoms with Crippen molar-refractivity contribution in [1.82, 2.24) is 19.8 Å². The lowest BCUT2D eigenvalue weighted by atomic mass is 10.1. The van der Waals surface area contributed by atoms with Crippen molar-refractivity contribution in [3.05, 3.63) is 110 Å². The molecule has 1 heterocycles. The van der Waals surface area contributed by atoms with Crippen LogP contribution in [-0.4, -0.2) is 47.6 Å². The van der Waals surface area contributed by atoms with Crippen molar-refractivity contribution in [1.29, 1.82) is 0 Å². The summed E-state index contributed by atoms with van der Waals surface area (Å²) in [4.78, 5) is 43.2. The van der Waals surface area contributed by atoms with E-state index in [9.17, 15) is 14.4 Å². The molecule has 0 aliphatic heterocycles. The van der Waals surface area contributed by atoms with E-state index in [4.69, 9.17) is 4.74 Å². The van der Waals surface area contributed by atoms with Gasteiger partial charge in [0.05, 0.1) is 24.6 Å². The number of aromatic nitrogens is 2. The maximum Gasteiger partial charge on any atom is 0.329 e. The zero-order valence-electron chi connectivity index (χ0n) is 20.5. The van der Waals surface area contributed by atoms with E-state index in [-0.39, 0.29) is 12.5 Å². The van der Waals surface area contributed by atoms with Gasteiger partial charge in [-0.25, -0.2) is 4.79 Å². The summed E-state index contributed by atoms with van der Waals surface area (Å²) in [5.74, 6) is 0.453. The van der Waals surface area contributed by atoms with Gasteiger partial charge in [-0.1, -0.05) is 42.5 Å². The molecule has 0 fully saturated rings. The number of ether oxygens (including phenoxy) is 1. The molecule has 0 aliphatic carbocycles. The molecule has 0 aliphatic rings. The van der Waals surface area contributed by atoms with E-state index in [1.165, 1.54) is 5.56 Å². The van der Waals surface area contributed by atoms with E-state index >= 15 is 0 Å². The first-order chi connectivity index (χ1) is 17.4. The minimum absolute atomic E-state index is 0.134. The molecule has 0 unspecified atom stereocenters. The lowest BCUT2D eigenvalue weighted by molar-refractivity contribution is 0.0952. The molecule has 2 N–H and O–H groups in total. The van der Waals surface area contributed by atoms with E-state index in [0.717, 1.165) is 29.6 Å². The van der Waals surface area contributed by atoms with Crippen molar-refractivity contribution in [2.24, 2.45) is 0 Å². The Hall–Kier alpha value is -4.17. The smallest absolute Gasteiger partial charge is 0.329 e. The van der Waals surface area contributed by atoms with Crippen molar-refractivity contribution in [3.8, 4) is 5.75 Å². The van der Waals surface area contributed by atoms with Crippen molar-refractivity contribution < 1.29 is 9.53 Å². The molecule has 3 aromatic carbocycles. The molecule has 0 bridgehead atoms. The second-order valence-electron chi connectivity index (χ2n) is 8.76. The maximum atomic E-state index is 13.0. The van der Waals surface area contributed by atoms with E-state index in [2.05, 4.69) is 34.4 Å². The van der Waals surface area contributed by atoms with Crippen molar-refractivity contribution >= 4 is 16.8 Å². The van der Waals surface area contributed by atoms with Gasteiger partial charge in [0.2, 0.25) is 0 Å². The summed E-state index contributed by atoms with van der Waals surface area (Å²) in [6.07, 6.45) is 0.801. The fourth-order valence-electron chi connectivity index (χ4n) is 4.08. The van der Waals surface area contributed by atoms with Gasteiger partial charge in [0, 0.05) is 18.7 Å². The van der Waals surface area contributed by atoms with E-state index in [0.29, 0.717) is 28.8 Å². The van der Waals surface area contributed by atoms with Gasteiger partial charge >= 0.3 is 5.69 Å². The Bertz CT molecular complexity index is 1440. The molecule has 8 nitrogen and oxygen atoms in total. The number of methoxy groups -OCH3 is 1. The Kier molecular flexibility index (Phi) is 7.97. The predicted molar refractivity (Wildman–Crippen MR) is 141 cm³/mol. The summed E-state index contributed by atoms with van der Waals surface area (Å²) in [5, 5.41) is 3.26. The number of rotatable bonds is 10. The number of carbonyl (C=O) groups excluding carboxylic acids is 1. The minimum Gasteiger partial charge on any atom is -0.497 e. The summed E-state index contributed by atoms with van der Waals surface area (Å²) in [7, 11) is 3.63. The van der Waals surface area contributed by atoms with Gasteiger partial charge in [-0.2, -0.15) is 0 Å². The van der Waals surface area contributed by atoms with Gasteiger partial charge in [0.15, 0.2) is 0 Å². The summed E-state index contributed by atoms with van der Waals surface area (Å²) in [5.41, 5.74) is 1.85. The predicted octanol–water partition coefficient (Wildman–Crippen LogP) is 3.00. The molecule has 4 rings (SSSR count). The normalized spacial score (nSPS) is 11.1. The van der Waals surface area contributed by atoms with Gasteiger partial charge in [-0.05, 0) is 61.5 Å². The third-order valence-corrected chi connectivity index (χ3v) is 6.04. The van der Waals surface area contributed by atoms with Gasteiger partial charge in [-0.3, -0.25) is 14.2 Å². The lowest BCUT2D eigenvalue weighted by Gasteiger charge is -2.16. The van der Waals surface area contributed by atoms with Crippen LogP contribution in [0.4, 0.5) is 0 Å². The highest BCUT2D eigenvalue weighted by atomic mass is 16.5. The maximum absolute atomic E-state index is 13.0. The van der Waals surface area contributed by atoms with E-state index in [1.54, 1.807) is 37.4 Å². The van der Waals surface area contributed by atoms with E-state index in [1.807, 2.05) is 30.3 Å². The van der Waals surface area contributed by atoms with Crippen molar-refractivity contribution in [3.63, 3.8) is 0 Å². The highest BCUT2D eigenvalue weighted by Gasteiger charge is 2.12. The van der Waals surface area contributed by atoms with Crippen LogP contribution in [0.1, 0.15) is 27.9 Å². The molecule has 0 saturated heterocycles. The van der Waals surface area contributed by atoms with Crippen molar-refractivity contribution in [2.45, 2.75) is 19.5 Å². The number of carbonyl (C=O) groups is 1. The Morgan fingerprint density at radius 2 is 1.75 bits per heavy atom. The quantitative estimate of drug-likeness (QED) is 0.336. The van der Waals surface area contributed by atoms with Crippen LogP contribution in [0.15, 0.2) is 82.4 Å². The Labute approximate surface area is 209 Å². The molecule has 0 spiro atoms. The number of nitrogens with one attached hydrogen (secondary N) is 2. The monoisotopic (exact) mass is 486 g/mol. The molecular weight excluding hydrogens is 456 g/mol. The molecular formula is C28H30N4O4. The number of H-pyrrole nitrogens is 1. The standard InChI is InChI=1S/C28H30N4O4/c1-31(18-20-7-4-3-5-8-20)16-6-15-29-26(33)22-11-14-24-25(17-22)30-28(35)32(27(24)34)19-21-9-12-23(36-2)13-10-21/h3-5,7-14,17H,6,15-16,18-19H2,1-2H3,(H,29,33)(H,30,35). The molecule has 186 valence electrons. The zero-order chi connectivity index (χ0) is 25.5. The number of nitrogens with zero attached hydrogens (tertiary/aromatic N) is 2. The first-order valence-corrected chi connectivity index (χ1v) is 11.8. The highest BCUT2D eigenvalue weighted by Crippen LogP contribution is 2.13. The van der Waals surface area contributed by atoms with E-state index < -0.39 is 11.2 Å². The van der Waals surface area contributed by atoms with Crippen LogP contribution in [0.3, 0.4) is 0 Å². The van der Waals surface area contributed by atoms with Gasteiger partial charge in [0.25, 0.3) is 11.5 Å². The zero-order valence-corrected chi connectivity index (χ0v) is 20.5. The lowest BCUT2D eigenvalue weighted by Crippen LogP contribution is -2.35. The Balaban J connectivity index is 1.38. The van der Waals surface area contributed by atoms with Crippen LogP contribution in [0.2, 0.25) is 0 Å². The average molecular weight is 487 g/mol. The van der Waals surface area contributed by atoms with Gasteiger partial charge in [-0.15, -0.1) is 0 Å². The van der Waals surface area contributed by atoms with Gasteiger partial charge in [0.1, 0.15) is 5.75 Å². The highest BCUT2D eigenvalue weighted by molar-refractivity contribution is 5.97. The van der Waals surface area contributed by atoms with Gasteiger partial charge < -0.3 is 19.9 Å². The summed E-state index contributed by atoms with van der Waals surface area (Å²) < 4.78 is 6.30. The molecule has 0 radical (unpaired) electrons. The van der Waals surface area contributed by atoms with Crippen LogP contribution >= 0.6 is 0 Å². The molecule has 1 amide bonds. The molecule has 0 saturated carbocycles. The fraction of sp³-hybridized carbons (Fsp3) is 0.250. The number of hydrogen-bond donors (Lipinski definition) is 2. The molecule has 0 atom stereocenters. The second-order valence-corrected chi connectivity index (χ2v) is 8.76. The molecule has 8 heteroatoms. The third kappa shape index (κ3) is 6.09. The molecule has 4 aromatic rings. The Morgan fingerprint density at radius 1 is 1.00 bits per heavy atom. The summed E-state index contributed by atoms with van der Waals surface area (Å²) in [6.45, 7) is 2.35. The van der Waals surface area contributed by atoms with Crippen LogP contribution in [0, 0.1) is 0 Å². The topological polar surface area (TPSA) is 96.4 Å². The number of hydrogen-bond acceptors (Lipinski definition) is 5. The summed E-state index contributed by atoms with van der Waals surface area (Å²) >= 11 is 0. The molecule has 1 aromatic heterocycles. The SMILES string of the molecule is COc1ccc(Cn2c(=O)[nH]c3cc(C(=O)NCCCN(C)Cc4ccccc4)ccc3c2=O)cc1. The number of aromatic amines is 1. The first kappa shape index (κ1) is 24.9. The molecule has 36 heavy (non-hydrogen) atoms. The summed E-state index contributed by atoms with van der Waals surface area (Å²) in [6, 6.07) is 22.1.